The van der Waals surface area contributed by atoms with E-state index in [2.05, 4.69) is 31.2 Å². The fraction of sp³-hybridized carbons (Fsp3) is 0.214. The molecule has 0 radical (unpaired) electrons. The number of carbonyl (C=O) groups excluding carboxylic acids is 1. The molecule has 0 aliphatic heterocycles. The maximum atomic E-state index is 11.0. The first-order valence-electron chi connectivity index (χ1n) is 5.69. The second-order valence-electron chi connectivity index (χ2n) is 3.79. The largest absolute Gasteiger partial charge is 0.275 e. The van der Waals surface area contributed by atoms with Crippen molar-refractivity contribution in [2.75, 3.05) is 5.75 Å². The summed E-state index contributed by atoms with van der Waals surface area (Å²) in [4.78, 5) is 14.1. The molecule has 1 aromatic heterocycles. The minimum absolute atomic E-state index is 0.374. The predicted octanol–water partition coefficient (Wildman–Crippen LogP) is 4.83. The highest BCUT2D eigenvalue weighted by Gasteiger charge is 2.06. The third kappa shape index (κ3) is 3.61. The van der Waals surface area contributed by atoms with Crippen molar-refractivity contribution in [3.8, 4) is 0 Å². The Morgan fingerprint density at radius 3 is 2.50 bits per heavy atom. The van der Waals surface area contributed by atoms with Crippen LogP contribution in [0, 0.1) is 0 Å². The summed E-state index contributed by atoms with van der Waals surface area (Å²) >= 11 is 8.75. The second-order valence-corrected chi connectivity index (χ2v) is 6.64. The van der Waals surface area contributed by atoms with Crippen molar-refractivity contribution in [3.05, 3.63) is 51.7 Å². The lowest BCUT2D eigenvalue weighted by Crippen LogP contribution is -1.84. The lowest BCUT2D eigenvalue weighted by atomic mass is 10.1. The van der Waals surface area contributed by atoms with Crippen LogP contribution in [0.25, 0.3) is 0 Å². The highest BCUT2D eigenvalue weighted by Crippen LogP contribution is 2.23. The number of benzene rings is 1. The number of halogens is 1. The summed E-state index contributed by atoms with van der Waals surface area (Å²) in [7, 11) is 0. The topological polar surface area (TPSA) is 17.1 Å². The fourth-order valence-corrected chi connectivity index (χ4v) is 3.36. The van der Waals surface area contributed by atoms with Crippen molar-refractivity contribution >= 4 is 39.9 Å². The van der Waals surface area contributed by atoms with Crippen LogP contribution >= 0.6 is 34.7 Å². The van der Waals surface area contributed by atoms with Gasteiger partial charge in [0.15, 0.2) is 0 Å². The van der Waals surface area contributed by atoms with Crippen molar-refractivity contribution in [1.29, 1.82) is 0 Å². The second kappa shape index (κ2) is 6.41. The van der Waals surface area contributed by atoms with Crippen molar-refractivity contribution < 1.29 is 4.79 Å². The van der Waals surface area contributed by atoms with Gasteiger partial charge in [-0.2, -0.15) is 0 Å². The Bertz CT molecular complexity index is 531. The van der Waals surface area contributed by atoms with Gasteiger partial charge in [-0.15, -0.1) is 23.1 Å². The summed E-state index contributed by atoms with van der Waals surface area (Å²) < 4.78 is 0. The van der Waals surface area contributed by atoms with Crippen molar-refractivity contribution in [2.24, 2.45) is 0 Å². The van der Waals surface area contributed by atoms with Gasteiger partial charge in [0.05, 0.1) is 4.88 Å². The zero-order chi connectivity index (χ0) is 13.0. The first kappa shape index (κ1) is 13.7. The van der Waals surface area contributed by atoms with Gasteiger partial charge >= 0.3 is 0 Å². The van der Waals surface area contributed by atoms with Crippen molar-refractivity contribution in [3.63, 3.8) is 0 Å². The maximum Gasteiger partial charge on any atom is 0.262 e. The van der Waals surface area contributed by atoms with Gasteiger partial charge in [-0.3, -0.25) is 4.79 Å². The molecule has 1 aromatic carbocycles. The average molecular weight is 297 g/mol. The monoisotopic (exact) mass is 296 g/mol. The fourth-order valence-electron chi connectivity index (χ4n) is 1.65. The molecule has 4 heteroatoms. The molecule has 0 spiro atoms. The van der Waals surface area contributed by atoms with E-state index in [9.17, 15) is 4.79 Å². The molecule has 0 unspecified atom stereocenters. The Balaban J connectivity index is 2.06. The van der Waals surface area contributed by atoms with Crippen LogP contribution < -0.4 is 0 Å². The van der Waals surface area contributed by atoms with Crippen molar-refractivity contribution in [2.45, 2.75) is 18.2 Å². The molecule has 18 heavy (non-hydrogen) atoms. The van der Waals surface area contributed by atoms with E-state index >= 15 is 0 Å². The molecule has 2 aromatic rings. The summed E-state index contributed by atoms with van der Waals surface area (Å²) in [6.07, 6.45) is 0.853. The predicted molar refractivity (Wildman–Crippen MR) is 80.1 cm³/mol. The van der Waals surface area contributed by atoms with E-state index in [1.165, 1.54) is 21.8 Å². The van der Waals surface area contributed by atoms with Gasteiger partial charge in [-0.1, -0.05) is 19.1 Å². The lowest BCUT2D eigenvalue weighted by molar-refractivity contribution is 0.108. The van der Waals surface area contributed by atoms with Crippen LogP contribution in [0.4, 0.5) is 0 Å². The van der Waals surface area contributed by atoms with Crippen LogP contribution in [0.3, 0.4) is 0 Å². The maximum absolute atomic E-state index is 11.0. The third-order valence-corrected chi connectivity index (χ3v) is 4.76. The minimum Gasteiger partial charge on any atom is -0.275 e. The summed E-state index contributed by atoms with van der Waals surface area (Å²) in [5.41, 5.74) is 1.26. The van der Waals surface area contributed by atoms with E-state index in [1.807, 2.05) is 17.8 Å². The van der Waals surface area contributed by atoms with E-state index in [4.69, 9.17) is 11.6 Å². The Labute approximate surface area is 120 Å². The molecule has 94 valence electrons. The Hall–Kier alpha value is -0.770. The Kier molecular flexibility index (Phi) is 4.87. The normalized spacial score (nSPS) is 10.6. The molecular weight excluding hydrogens is 284 g/mol. The first-order chi connectivity index (χ1) is 8.69. The molecule has 0 saturated carbocycles. The molecule has 0 fully saturated rings. The van der Waals surface area contributed by atoms with Gasteiger partial charge in [0.25, 0.3) is 5.24 Å². The summed E-state index contributed by atoms with van der Waals surface area (Å²) in [6.45, 7) is 2.15. The van der Waals surface area contributed by atoms with Crippen LogP contribution in [-0.4, -0.2) is 11.0 Å². The van der Waals surface area contributed by atoms with Gasteiger partial charge in [-0.05, 0) is 47.2 Å². The van der Waals surface area contributed by atoms with Crippen LogP contribution in [0.2, 0.25) is 0 Å². The lowest BCUT2D eigenvalue weighted by Gasteiger charge is -2.01. The highest BCUT2D eigenvalue weighted by atomic mass is 35.5. The van der Waals surface area contributed by atoms with Crippen LogP contribution in [-0.2, 0) is 6.42 Å². The standard InChI is InChI=1S/C14H13ClOS2/c1-2-17-11-5-3-10(4-6-11)9-12-7-8-13(18-12)14(15)16/h3-8H,2,9H2,1H3. The van der Waals surface area contributed by atoms with Gasteiger partial charge in [-0.25, -0.2) is 0 Å². The van der Waals surface area contributed by atoms with Crippen LogP contribution in [0.15, 0.2) is 41.3 Å². The molecule has 0 N–H and O–H groups in total. The van der Waals surface area contributed by atoms with Crippen LogP contribution in [0.1, 0.15) is 27.0 Å². The quantitative estimate of drug-likeness (QED) is 0.581. The molecule has 0 amide bonds. The van der Waals surface area contributed by atoms with Crippen molar-refractivity contribution in [1.82, 2.24) is 0 Å². The molecule has 1 nitrogen and oxygen atoms in total. The van der Waals surface area contributed by atoms with E-state index < -0.39 is 0 Å². The van der Waals surface area contributed by atoms with Gasteiger partial charge in [0, 0.05) is 16.2 Å². The molecule has 0 saturated heterocycles. The molecule has 0 atom stereocenters. The van der Waals surface area contributed by atoms with Crippen LogP contribution in [0.5, 0.6) is 0 Å². The average Bonchev–Trinajstić information content (AvgIpc) is 2.81. The van der Waals surface area contributed by atoms with E-state index in [-0.39, 0.29) is 5.24 Å². The Morgan fingerprint density at radius 1 is 1.22 bits per heavy atom. The summed E-state index contributed by atoms with van der Waals surface area (Å²) in [6, 6.07) is 12.3. The molecule has 0 bridgehead atoms. The Morgan fingerprint density at radius 2 is 1.94 bits per heavy atom. The molecular formula is C14H13ClOS2. The third-order valence-electron chi connectivity index (χ3n) is 2.47. The molecule has 2 rings (SSSR count). The summed E-state index contributed by atoms with van der Waals surface area (Å²) in [5.74, 6) is 1.09. The SMILES string of the molecule is CCSc1ccc(Cc2ccc(C(=O)Cl)s2)cc1. The zero-order valence-corrected chi connectivity index (χ0v) is 12.4. The smallest absolute Gasteiger partial charge is 0.262 e. The first-order valence-corrected chi connectivity index (χ1v) is 7.87. The van der Waals surface area contributed by atoms with Gasteiger partial charge in [0.2, 0.25) is 0 Å². The molecule has 0 aliphatic rings. The number of hydrogen-bond donors (Lipinski definition) is 0. The van der Waals surface area contributed by atoms with Gasteiger partial charge < -0.3 is 0 Å². The molecule has 1 heterocycles. The number of rotatable bonds is 5. The number of carbonyl (C=O) groups is 1. The van der Waals surface area contributed by atoms with E-state index in [0.717, 1.165) is 17.1 Å². The highest BCUT2D eigenvalue weighted by molar-refractivity contribution is 7.99. The van der Waals surface area contributed by atoms with Gasteiger partial charge in [0.1, 0.15) is 0 Å². The summed E-state index contributed by atoms with van der Waals surface area (Å²) in [5, 5.41) is -0.374. The van der Waals surface area contributed by atoms with E-state index in [1.54, 1.807) is 6.07 Å². The van der Waals surface area contributed by atoms with E-state index in [0.29, 0.717) is 4.88 Å². The number of thioether (sulfide) groups is 1. The number of hydrogen-bond acceptors (Lipinski definition) is 3. The number of thiophene rings is 1. The molecule has 0 aliphatic carbocycles. The zero-order valence-electron chi connectivity index (χ0n) is 9.98. The minimum atomic E-state index is -0.374.